The third-order valence-corrected chi connectivity index (χ3v) is 13.7. The van der Waals surface area contributed by atoms with E-state index in [1.54, 1.807) is 49.5 Å². The van der Waals surface area contributed by atoms with Crippen molar-refractivity contribution in [2.45, 2.75) is 73.4 Å². The summed E-state index contributed by atoms with van der Waals surface area (Å²) < 4.78 is 31.5. The van der Waals surface area contributed by atoms with Gasteiger partial charge in [-0.25, -0.2) is 9.97 Å². The normalized spacial score (nSPS) is 13.8. The van der Waals surface area contributed by atoms with Crippen molar-refractivity contribution in [3.63, 3.8) is 0 Å². The molecule has 4 aromatic carbocycles. The number of nitrogens with two attached hydrogens (primary N) is 1. The molecule has 1 radical (unpaired) electrons. The first kappa shape index (κ1) is 67.2. The number of benzene rings is 4. The first-order chi connectivity index (χ1) is 41.4. The monoisotopic (exact) mass is 1220 g/mol. The molecule has 0 spiro atoms. The Labute approximate surface area is 509 Å². The Morgan fingerprint density at radius 2 is 1.07 bits per heavy atom. The van der Waals surface area contributed by atoms with Gasteiger partial charge in [0.2, 0.25) is 11.9 Å². The number of rotatable bonds is 18. The average Bonchev–Trinajstić information content (AvgIpc) is 1.93. The van der Waals surface area contributed by atoms with Gasteiger partial charge in [0, 0.05) is 87.2 Å². The second kappa shape index (κ2) is 34.3. The number of aldehydes is 1. The van der Waals surface area contributed by atoms with Crippen molar-refractivity contribution in [2.75, 3.05) is 108 Å². The van der Waals surface area contributed by atoms with Gasteiger partial charge in [-0.15, -0.1) is 0 Å². The van der Waals surface area contributed by atoms with Gasteiger partial charge in [-0.3, -0.25) is 24.6 Å². The summed E-state index contributed by atoms with van der Waals surface area (Å²) in [5.74, 6) is 3.47. The van der Waals surface area contributed by atoms with Gasteiger partial charge in [0.25, 0.3) is 0 Å². The topological polar surface area (TPSA) is 293 Å². The summed E-state index contributed by atoms with van der Waals surface area (Å²) >= 11 is -1.44. The SMILES string of the molecule is Cc1cc(C)cc(N)c1.Cc1cc(C)cc(NCc2ccc3nc(NCC(O)CN4CCOCC4)n(Cc4nc(C)ccc4O)c3c2)c1.Cc1ccc(O)c(Cn2c(NCC(O)CN3CCOCC3)nc3ccc(C=O)cc32)n1.[B]=C=NC.[O]=[Mn]=[O]. The number of aliphatic hydroxyl groups excluding tert-OH is 2. The predicted octanol–water partition coefficient (Wildman–Crippen LogP) is 6.57. The number of hydrogen-bond acceptors (Lipinski definition) is 20. The molecular formula is C62H79BMnN13O9. The zero-order valence-electron chi connectivity index (χ0n) is 50.0. The van der Waals surface area contributed by atoms with Crippen LogP contribution in [0.1, 0.15) is 61.0 Å². The van der Waals surface area contributed by atoms with Gasteiger partial charge in [0.1, 0.15) is 29.2 Å². The average molecular weight is 1220 g/mol. The first-order valence-corrected chi connectivity index (χ1v) is 29.1. The third-order valence-electron chi connectivity index (χ3n) is 13.7. The van der Waals surface area contributed by atoms with Gasteiger partial charge >= 0.3 is 47.8 Å². The van der Waals surface area contributed by atoms with Crippen molar-refractivity contribution >= 4 is 64.9 Å². The quantitative estimate of drug-likeness (QED) is 0.0195. The van der Waals surface area contributed by atoms with Crippen LogP contribution in [0.5, 0.6) is 11.5 Å². The van der Waals surface area contributed by atoms with Gasteiger partial charge in [-0.05, 0) is 148 Å². The van der Waals surface area contributed by atoms with E-state index in [-0.39, 0.29) is 18.0 Å². The Balaban J connectivity index is 0.000000222. The van der Waals surface area contributed by atoms with Crippen LogP contribution in [0.3, 0.4) is 0 Å². The fourth-order valence-corrected chi connectivity index (χ4v) is 9.82. The fraction of sp³-hybridized carbons (Fsp3) is 0.387. The molecule has 2 atom stereocenters. The molecule has 86 heavy (non-hydrogen) atoms. The number of imidazole rings is 2. The number of aliphatic imine (C=N–C) groups is 1. The number of hydrogen-bond donors (Lipinski definition) is 8. The maximum absolute atomic E-state index is 11.3. The molecule has 9 N–H and O–H groups in total. The minimum absolute atomic E-state index is 0.0947. The molecular weight excluding hydrogens is 1140 g/mol. The molecule has 10 rings (SSSR count). The van der Waals surface area contributed by atoms with Crippen molar-refractivity contribution in [3.8, 4) is 11.5 Å². The van der Waals surface area contributed by atoms with Crippen molar-refractivity contribution in [1.29, 1.82) is 0 Å². The number of β-amino-alcohol motifs (C(OH)–C–C–N with tert-alkyl or cyclic N) is 2. The predicted molar refractivity (Wildman–Crippen MR) is 332 cm³/mol. The summed E-state index contributed by atoms with van der Waals surface area (Å²) in [6, 6.07) is 30.8. The van der Waals surface area contributed by atoms with Crippen LogP contribution in [0, 0.1) is 41.5 Å². The minimum atomic E-state index is -1.44. The Bertz CT molecular complexity index is 3510. The fourth-order valence-electron chi connectivity index (χ4n) is 9.82. The van der Waals surface area contributed by atoms with Crippen LogP contribution in [-0.4, -0.2) is 177 Å². The molecule has 2 saturated heterocycles. The van der Waals surface area contributed by atoms with Gasteiger partial charge in [0.05, 0.1) is 73.8 Å². The summed E-state index contributed by atoms with van der Waals surface area (Å²) in [4.78, 5) is 37.4. The number of aliphatic hydroxyl groups is 2. The van der Waals surface area contributed by atoms with Crippen molar-refractivity contribution < 1.29 is 57.2 Å². The number of carbonyl (C=O) groups excluding carboxylic acids is 1. The van der Waals surface area contributed by atoms with Crippen molar-refractivity contribution in [2.24, 2.45) is 4.99 Å². The Kier molecular flexibility index (Phi) is 26.8. The van der Waals surface area contributed by atoms with E-state index in [0.29, 0.717) is 100 Å². The second-order valence-electron chi connectivity index (χ2n) is 21.0. The molecule has 2 fully saturated rings. The van der Waals surface area contributed by atoms with Crippen LogP contribution in [0.4, 0.5) is 23.3 Å². The number of pyridine rings is 2. The molecule has 4 aromatic heterocycles. The summed E-state index contributed by atoms with van der Waals surface area (Å²) in [5, 5.41) is 52.1. The summed E-state index contributed by atoms with van der Waals surface area (Å²) in [5.41, 5.74) is 20.0. The van der Waals surface area contributed by atoms with E-state index in [4.69, 9.17) is 27.9 Å². The van der Waals surface area contributed by atoms with Crippen molar-refractivity contribution in [1.82, 2.24) is 38.9 Å². The van der Waals surface area contributed by atoms with Crippen LogP contribution in [0.2, 0.25) is 0 Å². The molecule has 2 aliphatic heterocycles. The number of ether oxygens (including phenoxy) is 2. The molecule has 8 aromatic rings. The molecule has 24 heteroatoms. The van der Waals surface area contributed by atoms with Crippen LogP contribution in [0.25, 0.3) is 22.1 Å². The summed E-state index contributed by atoms with van der Waals surface area (Å²) in [6.07, 6.45) is -0.347. The number of carbonyl (C=O) groups is 1. The third kappa shape index (κ3) is 21.3. The zero-order chi connectivity index (χ0) is 62.1. The van der Waals surface area contributed by atoms with Crippen molar-refractivity contribution in [3.05, 3.63) is 153 Å². The van der Waals surface area contributed by atoms with Gasteiger partial charge in [-0.1, -0.05) is 18.2 Å². The molecule has 22 nitrogen and oxygen atoms in total. The molecule has 2 unspecified atom stereocenters. The van der Waals surface area contributed by atoms with Crippen LogP contribution in [0.15, 0.2) is 102 Å². The number of fused-ring (bicyclic) bond motifs is 2. The Morgan fingerprint density at radius 3 is 1.50 bits per heavy atom. The van der Waals surface area contributed by atoms with Crippen LogP contribution >= 0.6 is 0 Å². The van der Waals surface area contributed by atoms with Crippen LogP contribution in [-0.2, 0) is 51.6 Å². The molecule has 0 aliphatic carbocycles. The van der Waals surface area contributed by atoms with E-state index >= 15 is 0 Å². The number of aryl methyl sites for hydroxylation is 6. The summed E-state index contributed by atoms with van der Waals surface area (Å²) in [7, 11) is 6.18. The number of aromatic hydroxyl groups is 2. The maximum atomic E-state index is 11.3. The number of morpholine rings is 2. The Hall–Kier alpha value is -7.89. The molecule has 456 valence electrons. The molecule has 0 amide bonds. The van der Waals surface area contributed by atoms with E-state index in [9.17, 15) is 25.2 Å². The molecule has 0 saturated carbocycles. The van der Waals surface area contributed by atoms with Gasteiger partial charge < -0.3 is 60.7 Å². The number of nitrogen functional groups attached to an aromatic ring is 1. The number of aromatic nitrogens is 6. The van der Waals surface area contributed by atoms with Gasteiger partial charge in [0.15, 0.2) is 0 Å². The Morgan fingerprint density at radius 1 is 0.640 bits per heavy atom. The van der Waals surface area contributed by atoms with Gasteiger partial charge in [-0.2, -0.15) is 0 Å². The number of anilines is 4. The number of nitrogens with zero attached hydrogens (tertiary/aromatic N) is 9. The standard InChI is InChI=1S/C30H38N6O3.C22H27N5O4.C8H11N.C2H3BN.Mn.2O/c1-20-12-21(2)14-24(13-20)31-16-23-5-6-26-28(15-23)36(19-27-29(38)7-4-22(3)33-27)30(34-26)32-17-25(37)18-35-8-10-39-11-9-35;1-15-2-5-21(30)19(24-15)13-27-20-10-16(14-28)3-4-18(20)25-22(27)23-11-17(29)12-26-6-8-31-9-7-26;1-6-3-7(2)5-8(9)4-6;1-4-2-3;;;/h4-7,12-15,25,31,37-38H,8-11,16-19H2,1-3H3,(H,32,34);2-5,10,14,17,29-30H,6-9,11-13H2,1H3,(H,23,25);3-5H,9H2,1-2H3;1H3;;;. The summed E-state index contributed by atoms with van der Waals surface area (Å²) in [6.45, 7) is 21.2. The van der Waals surface area contributed by atoms with E-state index in [1.165, 1.54) is 22.3 Å². The van der Waals surface area contributed by atoms with E-state index < -0.39 is 27.0 Å². The van der Waals surface area contributed by atoms with E-state index in [1.807, 2.05) is 55.0 Å². The van der Waals surface area contributed by atoms with E-state index in [0.717, 1.165) is 77.3 Å². The molecule has 2 aliphatic rings. The second-order valence-corrected chi connectivity index (χ2v) is 21.2. The van der Waals surface area contributed by atoms with Crippen LogP contribution < -0.4 is 21.7 Å². The van der Waals surface area contributed by atoms with E-state index in [2.05, 4.69) is 109 Å². The number of nitrogens with one attached hydrogen (secondary N) is 3. The molecule has 6 heterocycles. The molecule has 0 bridgehead atoms. The first-order valence-electron chi connectivity index (χ1n) is 28.2. The zero-order valence-corrected chi connectivity index (χ0v) is 51.1.